The van der Waals surface area contributed by atoms with Gasteiger partial charge in [-0.25, -0.2) is 0 Å². The number of benzene rings is 2. The first-order chi connectivity index (χ1) is 22.9. The number of aliphatic hydroxyl groups is 6. The molecule has 2 saturated heterocycles. The predicted octanol–water partition coefficient (Wildman–Crippen LogP) is -0.769. The van der Waals surface area contributed by atoms with E-state index in [0.29, 0.717) is 11.5 Å². The van der Waals surface area contributed by atoms with Crippen molar-refractivity contribution in [2.45, 2.75) is 68.3 Å². The van der Waals surface area contributed by atoms with E-state index >= 15 is 0 Å². The highest BCUT2D eigenvalue weighted by Gasteiger charge is 2.50. The average Bonchev–Trinajstić information content (AvgIpc) is 3.08. The number of hydrogen-bond acceptors (Lipinski definition) is 17. The van der Waals surface area contributed by atoms with E-state index in [9.17, 15) is 40.5 Å². The van der Waals surface area contributed by atoms with Crippen molar-refractivity contribution in [3.05, 3.63) is 34.7 Å². The SMILES string of the molecule is COc1cc(OC)c(-c2coc3cc(OC4OC(CO)C(OC5OC(C)C(O)C(O)C5O)C(O)C4O)c(OC)c(O)c3c2=O)cc1OC. The highest BCUT2D eigenvalue weighted by atomic mass is 16.7. The van der Waals surface area contributed by atoms with Gasteiger partial charge in [0.05, 0.1) is 46.7 Å². The van der Waals surface area contributed by atoms with Gasteiger partial charge in [-0.15, -0.1) is 0 Å². The molecular formula is C31H38O17. The minimum Gasteiger partial charge on any atom is -0.504 e. The Kier molecular flexibility index (Phi) is 10.5. The van der Waals surface area contributed by atoms with Crippen LogP contribution >= 0.6 is 0 Å². The predicted molar refractivity (Wildman–Crippen MR) is 161 cm³/mol. The third-order valence-electron chi connectivity index (χ3n) is 8.32. The maximum absolute atomic E-state index is 13.8. The molecule has 1 aromatic heterocycles. The highest BCUT2D eigenvalue weighted by Crippen LogP contribution is 2.45. The largest absolute Gasteiger partial charge is 0.504 e. The van der Waals surface area contributed by atoms with E-state index in [1.54, 1.807) is 0 Å². The second-order valence-electron chi connectivity index (χ2n) is 11.1. The van der Waals surface area contributed by atoms with Crippen molar-refractivity contribution < 1.29 is 78.1 Å². The lowest BCUT2D eigenvalue weighted by atomic mass is 9.97. The van der Waals surface area contributed by atoms with Gasteiger partial charge in [-0.3, -0.25) is 4.79 Å². The van der Waals surface area contributed by atoms with Gasteiger partial charge in [0.25, 0.3) is 0 Å². The second kappa shape index (κ2) is 14.3. The smallest absolute Gasteiger partial charge is 0.229 e. The monoisotopic (exact) mass is 682 g/mol. The maximum Gasteiger partial charge on any atom is 0.229 e. The molecule has 2 aromatic carbocycles. The van der Waals surface area contributed by atoms with Crippen molar-refractivity contribution in [2.24, 2.45) is 0 Å². The van der Waals surface area contributed by atoms with Gasteiger partial charge in [0.2, 0.25) is 17.5 Å². The van der Waals surface area contributed by atoms with Crippen LogP contribution in [-0.2, 0) is 14.2 Å². The van der Waals surface area contributed by atoms with Crippen LogP contribution in [0.5, 0.6) is 34.5 Å². The molecule has 0 spiro atoms. The molecule has 2 fully saturated rings. The fourth-order valence-electron chi connectivity index (χ4n) is 5.66. The standard InChI is InChI=1S/C31H38O17/c1-11-21(33)24(36)26(38)30(45-11)48-29-19(9-32)47-31(27(39)25(29)37)46-18-8-17-20(23(35)28(18)43-5)22(34)13(10-44-17)12-6-15(41-3)16(42-4)7-14(12)40-2/h6-8,10-11,19,21,24-27,29-33,35-39H,9H2,1-5H3. The van der Waals surface area contributed by atoms with Gasteiger partial charge >= 0.3 is 0 Å². The van der Waals surface area contributed by atoms with Crippen LogP contribution in [-0.4, -0.2) is 132 Å². The third-order valence-corrected chi connectivity index (χ3v) is 8.32. The fraction of sp³-hybridized carbons (Fsp3) is 0.516. The van der Waals surface area contributed by atoms with Gasteiger partial charge in [0, 0.05) is 17.7 Å². The average molecular weight is 683 g/mol. The van der Waals surface area contributed by atoms with E-state index in [1.165, 1.54) is 53.6 Å². The summed E-state index contributed by atoms with van der Waals surface area (Å²) in [6.07, 6.45) is -14.4. The number of rotatable bonds is 10. The molecule has 17 nitrogen and oxygen atoms in total. The lowest BCUT2D eigenvalue weighted by Gasteiger charge is -2.45. The van der Waals surface area contributed by atoms with E-state index in [2.05, 4.69) is 0 Å². The first-order valence-corrected chi connectivity index (χ1v) is 14.7. The molecule has 10 unspecified atom stereocenters. The van der Waals surface area contributed by atoms with Crippen LogP contribution in [0.2, 0.25) is 0 Å². The van der Waals surface area contributed by atoms with Crippen LogP contribution in [0.1, 0.15) is 6.92 Å². The van der Waals surface area contributed by atoms with Crippen molar-refractivity contribution in [1.29, 1.82) is 0 Å². The zero-order valence-electron chi connectivity index (χ0n) is 26.5. The van der Waals surface area contributed by atoms with Gasteiger partial charge in [-0.1, -0.05) is 0 Å². The Bertz CT molecular complexity index is 1660. The van der Waals surface area contributed by atoms with Crippen LogP contribution < -0.4 is 29.1 Å². The van der Waals surface area contributed by atoms with Gasteiger partial charge < -0.3 is 78.1 Å². The Morgan fingerprint density at radius 2 is 1.38 bits per heavy atom. The number of methoxy groups -OCH3 is 4. The van der Waals surface area contributed by atoms with E-state index in [0.717, 1.165) is 6.26 Å². The highest BCUT2D eigenvalue weighted by molar-refractivity contribution is 5.92. The summed E-state index contributed by atoms with van der Waals surface area (Å²) in [6.45, 7) is 0.656. The summed E-state index contributed by atoms with van der Waals surface area (Å²) in [4.78, 5) is 13.8. The van der Waals surface area contributed by atoms with E-state index in [-0.39, 0.29) is 39.3 Å². The van der Waals surface area contributed by atoms with Gasteiger partial charge in [0.15, 0.2) is 29.3 Å². The molecule has 7 N–H and O–H groups in total. The summed E-state index contributed by atoms with van der Waals surface area (Å²) in [5.74, 6) is -0.400. The summed E-state index contributed by atoms with van der Waals surface area (Å²) in [6, 6.07) is 4.23. The lowest BCUT2D eigenvalue weighted by Crippen LogP contribution is -2.64. The lowest BCUT2D eigenvalue weighted by molar-refractivity contribution is -0.349. The number of phenolic OH excluding ortho intramolecular Hbond substituents is 1. The molecule has 3 aromatic rings. The molecule has 0 amide bonds. The topological polar surface area (TPSA) is 246 Å². The molecular weight excluding hydrogens is 644 g/mol. The van der Waals surface area contributed by atoms with Gasteiger partial charge in [0.1, 0.15) is 65.7 Å². The van der Waals surface area contributed by atoms with Crippen LogP contribution in [0.25, 0.3) is 22.1 Å². The van der Waals surface area contributed by atoms with Crippen molar-refractivity contribution in [2.75, 3.05) is 35.0 Å². The molecule has 0 saturated carbocycles. The van der Waals surface area contributed by atoms with Gasteiger partial charge in [-0.05, 0) is 13.0 Å². The second-order valence-corrected chi connectivity index (χ2v) is 11.1. The van der Waals surface area contributed by atoms with Crippen LogP contribution in [0.3, 0.4) is 0 Å². The summed E-state index contributed by atoms with van der Waals surface area (Å²) in [5, 5.41) is 73.3. The summed E-state index contributed by atoms with van der Waals surface area (Å²) in [5.41, 5.74) is -0.551. The Morgan fingerprint density at radius 1 is 0.729 bits per heavy atom. The Labute approximate surface area is 272 Å². The van der Waals surface area contributed by atoms with Crippen LogP contribution in [0, 0.1) is 0 Å². The number of aliphatic hydroxyl groups excluding tert-OH is 6. The Balaban J connectivity index is 1.45. The zero-order valence-corrected chi connectivity index (χ0v) is 26.5. The molecule has 48 heavy (non-hydrogen) atoms. The first kappa shape index (κ1) is 35.4. The van der Waals surface area contributed by atoms with Gasteiger partial charge in [-0.2, -0.15) is 0 Å². The fourth-order valence-corrected chi connectivity index (χ4v) is 5.66. The molecule has 0 bridgehead atoms. The first-order valence-electron chi connectivity index (χ1n) is 14.7. The zero-order chi connectivity index (χ0) is 35.0. The minimum atomic E-state index is -1.86. The molecule has 10 atom stereocenters. The number of ether oxygens (including phenoxy) is 8. The molecule has 264 valence electrons. The molecule has 2 aliphatic rings. The molecule has 17 heteroatoms. The van der Waals surface area contributed by atoms with Crippen LogP contribution in [0.4, 0.5) is 0 Å². The normalized spacial score (nSPS) is 30.6. The molecule has 3 heterocycles. The molecule has 5 rings (SSSR count). The van der Waals surface area contributed by atoms with Crippen molar-refractivity contribution in [3.63, 3.8) is 0 Å². The van der Waals surface area contributed by atoms with E-state index in [1.807, 2.05) is 0 Å². The number of aromatic hydroxyl groups is 1. The maximum atomic E-state index is 13.8. The Hall–Kier alpha value is -3.91. The summed E-state index contributed by atoms with van der Waals surface area (Å²) >= 11 is 0. The summed E-state index contributed by atoms with van der Waals surface area (Å²) in [7, 11) is 5.45. The Morgan fingerprint density at radius 3 is 2.00 bits per heavy atom. The minimum absolute atomic E-state index is 0.000739. The molecule has 2 aliphatic heterocycles. The van der Waals surface area contributed by atoms with Crippen molar-refractivity contribution in [3.8, 4) is 45.6 Å². The number of phenols is 1. The van der Waals surface area contributed by atoms with Crippen molar-refractivity contribution >= 4 is 11.0 Å². The number of fused-ring (bicyclic) bond motifs is 1. The summed E-state index contributed by atoms with van der Waals surface area (Å²) < 4.78 is 49.7. The number of hydrogen-bond donors (Lipinski definition) is 7. The van der Waals surface area contributed by atoms with E-state index < -0.39 is 79.2 Å². The van der Waals surface area contributed by atoms with Crippen LogP contribution in [0.15, 0.2) is 33.7 Å². The quantitative estimate of drug-likeness (QED) is 0.139. The molecule has 0 radical (unpaired) electrons. The van der Waals surface area contributed by atoms with Crippen molar-refractivity contribution in [1.82, 2.24) is 0 Å². The molecule has 0 aliphatic carbocycles. The van der Waals surface area contributed by atoms with E-state index in [4.69, 9.17) is 42.3 Å². The third kappa shape index (κ3) is 6.20.